The molecule has 14 heavy (non-hydrogen) atoms. The Labute approximate surface area is 96.7 Å². The predicted molar refractivity (Wildman–Crippen MR) is 63.3 cm³/mol. The maximum absolute atomic E-state index is 11.6. The molecule has 76 valence electrons. The zero-order valence-corrected chi connectivity index (χ0v) is 10.0. The number of rotatable bonds is 3. The summed E-state index contributed by atoms with van der Waals surface area (Å²) in [5, 5.41) is 11.2. The largest absolute Gasteiger partial charge is 0.395 e. The molecule has 4 heteroatoms. The highest BCUT2D eigenvalue weighted by Crippen LogP contribution is 2.15. The van der Waals surface area contributed by atoms with Gasteiger partial charge in [-0.25, -0.2) is 0 Å². The van der Waals surface area contributed by atoms with E-state index in [-0.39, 0.29) is 12.5 Å². The van der Waals surface area contributed by atoms with Crippen molar-refractivity contribution >= 4 is 28.5 Å². The molecule has 0 saturated carbocycles. The van der Waals surface area contributed by atoms with Gasteiger partial charge < -0.3 is 10.4 Å². The van der Waals surface area contributed by atoms with E-state index in [1.807, 2.05) is 19.1 Å². The topological polar surface area (TPSA) is 49.3 Å². The maximum Gasteiger partial charge on any atom is 0.251 e. The second-order valence-corrected chi connectivity index (χ2v) is 4.05. The van der Waals surface area contributed by atoms with Gasteiger partial charge in [-0.2, -0.15) is 0 Å². The van der Waals surface area contributed by atoms with E-state index in [0.717, 1.165) is 9.13 Å². The molecule has 0 spiro atoms. The molecule has 0 heterocycles. The Bertz CT molecular complexity index is 339. The van der Waals surface area contributed by atoms with Gasteiger partial charge in [-0.05, 0) is 47.2 Å². The van der Waals surface area contributed by atoms with Crippen molar-refractivity contribution in [2.75, 3.05) is 13.2 Å². The van der Waals surface area contributed by atoms with Gasteiger partial charge in [0.1, 0.15) is 0 Å². The summed E-state index contributed by atoms with van der Waals surface area (Å²) in [4.78, 5) is 11.6. The normalized spacial score (nSPS) is 9.93. The molecule has 0 aliphatic rings. The molecule has 1 amide bonds. The van der Waals surface area contributed by atoms with Gasteiger partial charge in [-0.15, -0.1) is 0 Å². The quantitative estimate of drug-likeness (QED) is 0.828. The van der Waals surface area contributed by atoms with E-state index in [2.05, 4.69) is 27.9 Å². The van der Waals surface area contributed by atoms with Crippen LogP contribution in [0, 0.1) is 10.5 Å². The van der Waals surface area contributed by atoms with Crippen molar-refractivity contribution in [1.29, 1.82) is 0 Å². The van der Waals surface area contributed by atoms with E-state index in [9.17, 15) is 4.79 Å². The van der Waals surface area contributed by atoms with Crippen LogP contribution in [0.3, 0.4) is 0 Å². The van der Waals surface area contributed by atoms with E-state index < -0.39 is 0 Å². The van der Waals surface area contributed by atoms with Crippen LogP contribution in [0.5, 0.6) is 0 Å². The number of carbonyl (C=O) groups is 1. The smallest absolute Gasteiger partial charge is 0.251 e. The second-order valence-electron chi connectivity index (χ2n) is 2.89. The predicted octanol–water partition coefficient (Wildman–Crippen LogP) is 1.32. The number of carbonyl (C=O) groups excluding carboxylic acids is 1. The zero-order valence-electron chi connectivity index (χ0n) is 7.88. The molecule has 0 bridgehead atoms. The van der Waals surface area contributed by atoms with Crippen LogP contribution >= 0.6 is 22.6 Å². The van der Waals surface area contributed by atoms with Crippen molar-refractivity contribution in [3.8, 4) is 0 Å². The molecular weight excluding hydrogens is 293 g/mol. The third-order valence-corrected chi connectivity index (χ3v) is 3.08. The Morgan fingerprint density at radius 3 is 2.93 bits per heavy atom. The number of halogens is 1. The van der Waals surface area contributed by atoms with Gasteiger partial charge in [0.25, 0.3) is 5.91 Å². The Morgan fingerprint density at radius 1 is 1.57 bits per heavy atom. The van der Waals surface area contributed by atoms with Crippen LogP contribution in [0.25, 0.3) is 0 Å². The van der Waals surface area contributed by atoms with Gasteiger partial charge in [-0.1, -0.05) is 6.07 Å². The van der Waals surface area contributed by atoms with Crippen LogP contribution in [0.4, 0.5) is 0 Å². The van der Waals surface area contributed by atoms with Gasteiger partial charge in [0, 0.05) is 15.7 Å². The lowest BCUT2D eigenvalue weighted by Crippen LogP contribution is -2.27. The minimum atomic E-state index is -0.130. The number of amides is 1. The van der Waals surface area contributed by atoms with Crippen molar-refractivity contribution in [3.05, 3.63) is 32.9 Å². The third kappa shape index (κ3) is 2.68. The van der Waals surface area contributed by atoms with Gasteiger partial charge in [-0.3, -0.25) is 4.79 Å². The molecule has 0 aliphatic carbocycles. The monoisotopic (exact) mass is 305 g/mol. The van der Waals surface area contributed by atoms with Crippen LogP contribution in [0.2, 0.25) is 0 Å². The van der Waals surface area contributed by atoms with Gasteiger partial charge >= 0.3 is 0 Å². The molecule has 0 aliphatic heterocycles. The number of nitrogens with one attached hydrogen (secondary N) is 1. The maximum atomic E-state index is 11.6. The number of hydrogen-bond acceptors (Lipinski definition) is 2. The van der Waals surface area contributed by atoms with Crippen LogP contribution in [0.1, 0.15) is 15.9 Å². The van der Waals surface area contributed by atoms with E-state index in [4.69, 9.17) is 5.11 Å². The zero-order chi connectivity index (χ0) is 10.6. The molecule has 0 aromatic heterocycles. The van der Waals surface area contributed by atoms with Crippen LogP contribution in [-0.4, -0.2) is 24.2 Å². The third-order valence-electron chi connectivity index (χ3n) is 1.91. The van der Waals surface area contributed by atoms with E-state index >= 15 is 0 Å². The second kappa shape index (κ2) is 5.31. The summed E-state index contributed by atoms with van der Waals surface area (Å²) in [5.74, 6) is -0.130. The molecule has 0 radical (unpaired) electrons. The standard InChI is InChI=1S/C10H12INO2/c1-7-8(3-2-4-9(7)11)10(14)12-5-6-13/h2-4,13H,5-6H2,1H3,(H,12,14). The molecule has 0 unspecified atom stereocenters. The molecule has 1 rings (SSSR count). The molecule has 1 aromatic carbocycles. The molecule has 2 N–H and O–H groups in total. The Hall–Kier alpha value is -0.620. The first-order valence-electron chi connectivity index (χ1n) is 4.31. The highest BCUT2D eigenvalue weighted by Gasteiger charge is 2.09. The summed E-state index contributed by atoms with van der Waals surface area (Å²) < 4.78 is 1.07. The first-order chi connectivity index (χ1) is 6.66. The lowest BCUT2D eigenvalue weighted by Gasteiger charge is -2.07. The Balaban J connectivity index is 2.84. The fraction of sp³-hybridized carbons (Fsp3) is 0.300. The van der Waals surface area contributed by atoms with Gasteiger partial charge in [0.05, 0.1) is 6.61 Å². The highest BCUT2D eigenvalue weighted by molar-refractivity contribution is 14.1. The van der Waals surface area contributed by atoms with E-state index in [1.54, 1.807) is 6.07 Å². The minimum Gasteiger partial charge on any atom is -0.395 e. The average molecular weight is 305 g/mol. The summed E-state index contributed by atoms with van der Waals surface area (Å²) in [6, 6.07) is 5.59. The summed E-state index contributed by atoms with van der Waals surface area (Å²) in [6.45, 7) is 2.17. The van der Waals surface area contributed by atoms with Crippen LogP contribution in [0.15, 0.2) is 18.2 Å². The van der Waals surface area contributed by atoms with Crippen LogP contribution in [-0.2, 0) is 0 Å². The number of aliphatic hydroxyl groups is 1. The average Bonchev–Trinajstić information content (AvgIpc) is 2.18. The van der Waals surface area contributed by atoms with Crippen molar-refractivity contribution in [3.63, 3.8) is 0 Å². The first kappa shape index (κ1) is 11.5. The summed E-state index contributed by atoms with van der Waals surface area (Å²) in [6.07, 6.45) is 0. The number of aliphatic hydroxyl groups excluding tert-OH is 1. The molecule has 0 atom stereocenters. The molecule has 0 fully saturated rings. The Morgan fingerprint density at radius 2 is 2.29 bits per heavy atom. The lowest BCUT2D eigenvalue weighted by molar-refractivity contribution is 0.0944. The minimum absolute atomic E-state index is 0.0330. The Kier molecular flexibility index (Phi) is 4.34. The summed E-state index contributed by atoms with van der Waals surface area (Å²) in [7, 11) is 0. The van der Waals surface area contributed by atoms with Crippen molar-refractivity contribution in [1.82, 2.24) is 5.32 Å². The van der Waals surface area contributed by atoms with Crippen LogP contribution < -0.4 is 5.32 Å². The fourth-order valence-electron chi connectivity index (χ4n) is 1.12. The lowest BCUT2D eigenvalue weighted by atomic mass is 10.1. The highest BCUT2D eigenvalue weighted by atomic mass is 127. The van der Waals surface area contributed by atoms with Crippen molar-refractivity contribution < 1.29 is 9.90 Å². The first-order valence-corrected chi connectivity index (χ1v) is 5.39. The van der Waals surface area contributed by atoms with Crippen molar-refractivity contribution in [2.45, 2.75) is 6.92 Å². The molecule has 3 nitrogen and oxygen atoms in total. The van der Waals surface area contributed by atoms with Gasteiger partial charge in [0.2, 0.25) is 0 Å². The summed E-state index contributed by atoms with van der Waals surface area (Å²) in [5.41, 5.74) is 1.65. The number of hydrogen-bond donors (Lipinski definition) is 2. The molecule has 0 saturated heterocycles. The van der Waals surface area contributed by atoms with Crippen molar-refractivity contribution in [2.24, 2.45) is 0 Å². The fourth-order valence-corrected chi connectivity index (χ4v) is 1.62. The summed E-state index contributed by atoms with van der Waals surface area (Å²) >= 11 is 2.19. The SMILES string of the molecule is Cc1c(I)cccc1C(=O)NCCO. The molecular formula is C10H12INO2. The molecule has 1 aromatic rings. The van der Waals surface area contributed by atoms with E-state index in [0.29, 0.717) is 12.1 Å². The number of benzene rings is 1. The van der Waals surface area contributed by atoms with E-state index in [1.165, 1.54) is 0 Å². The van der Waals surface area contributed by atoms with Gasteiger partial charge in [0.15, 0.2) is 0 Å².